The summed E-state index contributed by atoms with van der Waals surface area (Å²) in [5.41, 5.74) is 6.73. The van der Waals surface area contributed by atoms with Crippen LogP contribution in [-0.2, 0) is 6.61 Å². The standard InChI is InChI=1S/C14H13BrFNO2/c1-18-14-5-4-11(7-13(14)17)19-8-9-2-3-10(15)6-12(9)16/h2-7H,8,17H2,1H3. The van der Waals surface area contributed by atoms with Gasteiger partial charge in [0, 0.05) is 16.1 Å². The first-order chi connectivity index (χ1) is 9.10. The molecular formula is C14H13BrFNO2. The van der Waals surface area contributed by atoms with Crippen molar-refractivity contribution >= 4 is 21.6 Å². The number of hydrogen-bond acceptors (Lipinski definition) is 3. The van der Waals surface area contributed by atoms with Crippen molar-refractivity contribution in [2.24, 2.45) is 0 Å². The van der Waals surface area contributed by atoms with Gasteiger partial charge in [0.1, 0.15) is 23.9 Å². The van der Waals surface area contributed by atoms with Gasteiger partial charge in [-0.1, -0.05) is 22.0 Å². The number of hydrogen-bond donors (Lipinski definition) is 1. The van der Waals surface area contributed by atoms with E-state index >= 15 is 0 Å². The van der Waals surface area contributed by atoms with Crippen LogP contribution in [0.5, 0.6) is 11.5 Å². The minimum absolute atomic E-state index is 0.144. The second-order valence-corrected chi connectivity index (χ2v) is 4.84. The monoisotopic (exact) mass is 325 g/mol. The molecule has 0 bridgehead atoms. The Bertz CT molecular complexity index is 590. The second kappa shape index (κ2) is 5.93. The van der Waals surface area contributed by atoms with Gasteiger partial charge in [0.25, 0.3) is 0 Å². The van der Waals surface area contributed by atoms with Gasteiger partial charge >= 0.3 is 0 Å². The van der Waals surface area contributed by atoms with Crippen LogP contribution < -0.4 is 15.2 Å². The fourth-order valence-corrected chi connectivity index (χ4v) is 1.94. The number of nitrogens with two attached hydrogens (primary N) is 1. The van der Waals surface area contributed by atoms with E-state index in [1.54, 1.807) is 37.4 Å². The Morgan fingerprint density at radius 2 is 2.00 bits per heavy atom. The average molecular weight is 326 g/mol. The summed E-state index contributed by atoms with van der Waals surface area (Å²) in [5.74, 6) is 0.846. The van der Waals surface area contributed by atoms with Crippen LogP contribution in [0.3, 0.4) is 0 Å². The lowest BCUT2D eigenvalue weighted by atomic mass is 10.2. The van der Waals surface area contributed by atoms with Gasteiger partial charge in [-0.15, -0.1) is 0 Å². The smallest absolute Gasteiger partial charge is 0.142 e. The van der Waals surface area contributed by atoms with Crippen LogP contribution in [0.4, 0.5) is 10.1 Å². The van der Waals surface area contributed by atoms with Crippen LogP contribution in [0, 0.1) is 5.82 Å². The van der Waals surface area contributed by atoms with Crippen molar-refractivity contribution in [3.8, 4) is 11.5 Å². The molecule has 2 N–H and O–H groups in total. The van der Waals surface area contributed by atoms with Crippen molar-refractivity contribution in [1.29, 1.82) is 0 Å². The maximum atomic E-state index is 13.6. The van der Waals surface area contributed by atoms with Gasteiger partial charge in [0.15, 0.2) is 0 Å². The molecule has 0 amide bonds. The van der Waals surface area contributed by atoms with Gasteiger partial charge in [-0.25, -0.2) is 4.39 Å². The highest BCUT2D eigenvalue weighted by Gasteiger charge is 2.05. The SMILES string of the molecule is COc1ccc(OCc2ccc(Br)cc2F)cc1N. The van der Waals surface area contributed by atoms with Crippen LogP contribution in [-0.4, -0.2) is 7.11 Å². The minimum atomic E-state index is -0.309. The average Bonchev–Trinajstić information content (AvgIpc) is 2.38. The van der Waals surface area contributed by atoms with Gasteiger partial charge in [0.05, 0.1) is 12.8 Å². The molecule has 0 spiro atoms. The summed E-state index contributed by atoms with van der Waals surface area (Å²) in [6.45, 7) is 0.144. The zero-order valence-corrected chi connectivity index (χ0v) is 11.9. The number of nitrogen functional groups attached to an aromatic ring is 1. The Kier molecular flexibility index (Phi) is 4.27. The Morgan fingerprint density at radius 1 is 1.21 bits per heavy atom. The van der Waals surface area contributed by atoms with Gasteiger partial charge in [0.2, 0.25) is 0 Å². The molecule has 0 saturated carbocycles. The molecule has 0 radical (unpaired) electrons. The van der Waals surface area contributed by atoms with Crippen molar-refractivity contribution in [2.75, 3.05) is 12.8 Å². The first kappa shape index (κ1) is 13.7. The summed E-state index contributed by atoms with van der Waals surface area (Å²) < 4.78 is 24.8. The van der Waals surface area contributed by atoms with Crippen LogP contribution in [0.2, 0.25) is 0 Å². The van der Waals surface area contributed by atoms with E-state index in [-0.39, 0.29) is 12.4 Å². The molecule has 0 aliphatic heterocycles. The maximum absolute atomic E-state index is 13.6. The highest BCUT2D eigenvalue weighted by molar-refractivity contribution is 9.10. The number of rotatable bonds is 4. The number of halogens is 2. The Labute approximate surface area is 119 Å². The molecule has 0 atom stereocenters. The van der Waals surface area contributed by atoms with Crippen molar-refractivity contribution in [2.45, 2.75) is 6.61 Å². The van der Waals surface area contributed by atoms with Crippen molar-refractivity contribution < 1.29 is 13.9 Å². The molecule has 0 fully saturated rings. The minimum Gasteiger partial charge on any atom is -0.495 e. The molecule has 0 saturated heterocycles. The predicted octanol–water partition coefficient (Wildman–Crippen LogP) is 3.76. The summed E-state index contributed by atoms with van der Waals surface area (Å²) in [7, 11) is 1.55. The van der Waals surface area contributed by atoms with Gasteiger partial charge in [-0.2, -0.15) is 0 Å². The number of benzene rings is 2. The fourth-order valence-electron chi connectivity index (χ4n) is 1.60. The van der Waals surface area contributed by atoms with E-state index in [0.717, 1.165) is 0 Å². The van der Waals surface area contributed by atoms with Crippen LogP contribution in [0.25, 0.3) is 0 Å². The highest BCUT2D eigenvalue weighted by Crippen LogP contribution is 2.26. The van der Waals surface area contributed by atoms with Gasteiger partial charge < -0.3 is 15.2 Å². The topological polar surface area (TPSA) is 44.5 Å². The predicted molar refractivity (Wildman–Crippen MR) is 75.8 cm³/mol. The molecule has 19 heavy (non-hydrogen) atoms. The Balaban J connectivity index is 2.08. The van der Waals surface area contributed by atoms with Crippen LogP contribution in [0.1, 0.15) is 5.56 Å². The number of methoxy groups -OCH3 is 1. The third kappa shape index (κ3) is 3.38. The molecule has 0 aromatic heterocycles. The van der Waals surface area contributed by atoms with E-state index in [2.05, 4.69) is 15.9 Å². The fraction of sp³-hybridized carbons (Fsp3) is 0.143. The first-order valence-corrected chi connectivity index (χ1v) is 6.39. The van der Waals surface area contributed by atoms with E-state index in [1.807, 2.05) is 0 Å². The lowest BCUT2D eigenvalue weighted by molar-refractivity contribution is 0.299. The Morgan fingerprint density at radius 3 is 2.63 bits per heavy atom. The van der Waals surface area contributed by atoms with Crippen LogP contribution in [0.15, 0.2) is 40.9 Å². The molecule has 2 rings (SSSR count). The van der Waals surface area contributed by atoms with Crippen molar-refractivity contribution in [3.63, 3.8) is 0 Å². The van der Waals surface area contributed by atoms with Crippen molar-refractivity contribution in [3.05, 3.63) is 52.3 Å². The van der Waals surface area contributed by atoms with E-state index in [4.69, 9.17) is 15.2 Å². The van der Waals surface area contributed by atoms with E-state index < -0.39 is 0 Å². The zero-order valence-electron chi connectivity index (χ0n) is 10.3. The molecule has 0 heterocycles. The molecule has 5 heteroatoms. The second-order valence-electron chi connectivity index (χ2n) is 3.93. The lowest BCUT2D eigenvalue weighted by Crippen LogP contribution is -1.99. The summed E-state index contributed by atoms with van der Waals surface area (Å²) >= 11 is 3.21. The molecule has 2 aromatic carbocycles. The number of ether oxygens (including phenoxy) is 2. The molecule has 2 aromatic rings. The van der Waals surface area contributed by atoms with Crippen molar-refractivity contribution in [1.82, 2.24) is 0 Å². The molecular weight excluding hydrogens is 313 g/mol. The molecule has 3 nitrogen and oxygen atoms in total. The summed E-state index contributed by atoms with van der Waals surface area (Å²) in [5, 5.41) is 0. The summed E-state index contributed by atoms with van der Waals surface area (Å²) in [4.78, 5) is 0. The maximum Gasteiger partial charge on any atom is 0.142 e. The van der Waals surface area contributed by atoms with Gasteiger partial charge in [-0.05, 0) is 24.3 Å². The third-order valence-corrected chi connectivity index (χ3v) is 3.10. The third-order valence-electron chi connectivity index (χ3n) is 2.61. The molecule has 0 aliphatic rings. The van der Waals surface area contributed by atoms with Gasteiger partial charge in [-0.3, -0.25) is 0 Å². The van der Waals surface area contributed by atoms with E-state index in [1.165, 1.54) is 6.07 Å². The lowest BCUT2D eigenvalue weighted by Gasteiger charge is -2.10. The molecule has 0 unspecified atom stereocenters. The van der Waals surface area contributed by atoms with Crippen LogP contribution >= 0.6 is 15.9 Å². The molecule has 100 valence electrons. The Hall–Kier alpha value is -1.75. The summed E-state index contributed by atoms with van der Waals surface area (Å²) in [6, 6.07) is 9.93. The van der Waals surface area contributed by atoms with E-state index in [9.17, 15) is 4.39 Å². The zero-order chi connectivity index (χ0) is 13.8. The first-order valence-electron chi connectivity index (χ1n) is 5.60. The largest absolute Gasteiger partial charge is 0.495 e. The number of anilines is 1. The quantitative estimate of drug-likeness (QED) is 0.870. The van der Waals surface area contributed by atoms with E-state index in [0.29, 0.717) is 27.2 Å². The normalized spacial score (nSPS) is 10.3. The molecule has 0 aliphatic carbocycles. The highest BCUT2D eigenvalue weighted by atomic mass is 79.9. The summed E-state index contributed by atoms with van der Waals surface area (Å²) in [6.07, 6.45) is 0.